The van der Waals surface area contributed by atoms with E-state index in [1.165, 1.54) is 0 Å². The summed E-state index contributed by atoms with van der Waals surface area (Å²) in [5.74, 6) is 1.62. The molecule has 0 unspecified atom stereocenters. The Balaban J connectivity index is 1.96. The molecule has 0 radical (unpaired) electrons. The average Bonchev–Trinajstić information content (AvgIpc) is 2.66. The molecule has 0 bridgehead atoms. The van der Waals surface area contributed by atoms with Crippen molar-refractivity contribution >= 4 is 5.91 Å². The number of methoxy groups -OCH3 is 2. The van der Waals surface area contributed by atoms with Gasteiger partial charge in [-0.3, -0.25) is 4.79 Å². The molecule has 2 aromatic rings. The van der Waals surface area contributed by atoms with Crippen LogP contribution in [0.5, 0.6) is 17.2 Å². The predicted octanol–water partition coefficient (Wildman–Crippen LogP) is 2.83. The molecule has 130 valence electrons. The Kier molecular flexibility index (Phi) is 6.24. The van der Waals surface area contributed by atoms with Crippen LogP contribution in [0, 0.1) is 11.3 Å². The molecular formula is C19H20N2O4. The maximum absolute atomic E-state index is 12.1. The highest BCUT2D eigenvalue weighted by atomic mass is 16.5. The highest BCUT2D eigenvalue weighted by molar-refractivity contribution is 5.78. The molecule has 0 fully saturated rings. The van der Waals surface area contributed by atoms with E-state index in [4.69, 9.17) is 19.5 Å². The molecule has 1 N–H and O–H groups in total. The number of ether oxygens (including phenoxy) is 3. The highest BCUT2D eigenvalue weighted by Crippen LogP contribution is 2.29. The fraction of sp³-hybridized carbons (Fsp3) is 0.263. The van der Waals surface area contributed by atoms with Gasteiger partial charge in [0.1, 0.15) is 17.2 Å². The van der Waals surface area contributed by atoms with E-state index in [2.05, 4.69) is 5.32 Å². The molecule has 2 rings (SSSR count). The van der Waals surface area contributed by atoms with Crippen molar-refractivity contribution in [2.45, 2.75) is 13.0 Å². The second-order valence-corrected chi connectivity index (χ2v) is 5.32. The van der Waals surface area contributed by atoms with Crippen LogP contribution in [0.1, 0.15) is 24.1 Å². The van der Waals surface area contributed by atoms with Crippen LogP contribution >= 0.6 is 0 Å². The lowest BCUT2D eigenvalue weighted by atomic mass is 10.1. The monoisotopic (exact) mass is 340 g/mol. The smallest absolute Gasteiger partial charge is 0.258 e. The van der Waals surface area contributed by atoms with Crippen molar-refractivity contribution in [1.29, 1.82) is 5.26 Å². The SMILES string of the molecule is COc1ccc(OC)c([C@H](C)NC(=O)COc2ccc(C#N)cc2)c1. The summed E-state index contributed by atoms with van der Waals surface area (Å²) in [6.45, 7) is 1.74. The number of rotatable bonds is 7. The summed E-state index contributed by atoms with van der Waals surface area (Å²) in [6, 6.07) is 13.7. The number of benzene rings is 2. The zero-order chi connectivity index (χ0) is 18.2. The van der Waals surface area contributed by atoms with Crippen molar-refractivity contribution in [3.63, 3.8) is 0 Å². The summed E-state index contributed by atoms with van der Waals surface area (Å²) in [7, 11) is 3.16. The van der Waals surface area contributed by atoms with Crippen LogP contribution in [-0.4, -0.2) is 26.7 Å². The number of nitriles is 1. The Labute approximate surface area is 146 Å². The van der Waals surface area contributed by atoms with Crippen molar-refractivity contribution in [3.05, 3.63) is 53.6 Å². The van der Waals surface area contributed by atoms with Crippen LogP contribution in [0.25, 0.3) is 0 Å². The molecule has 0 aliphatic rings. The molecule has 0 spiro atoms. The Morgan fingerprint density at radius 3 is 2.40 bits per heavy atom. The van der Waals surface area contributed by atoms with E-state index in [-0.39, 0.29) is 18.6 Å². The van der Waals surface area contributed by atoms with Crippen LogP contribution in [0.2, 0.25) is 0 Å². The first-order chi connectivity index (χ1) is 12.1. The van der Waals surface area contributed by atoms with Gasteiger partial charge in [-0.05, 0) is 49.4 Å². The molecule has 6 nitrogen and oxygen atoms in total. The molecule has 2 aromatic carbocycles. The lowest BCUT2D eigenvalue weighted by Crippen LogP contribution is -2.31. The van der Waals surface area contributed by atoms with Crippen LogP contribution < -0.4 is 19.5 Å². The van der Waals surface area contributed by atoms with Gasteiger partial charge >= 0.3 is 0 Å². The normalized spacial score (nSPS) is 11.1. The van der Waals surface area contributed by atoms with Crippen LogP contribution in [0.3, 0.4) is 0 Å². The van der Waals surface area contributed by atoms with Gasteiger partial charge < -0.3 is 19.5 Å². The zero-order valence-corrected chi connectivity index (χ0v) is 14.4. The van der Waals surface area contributed by atoms with Gasteiger partial charge in [0.2, 0.25) is 0 Å². The third-order valence-electron chi connectivity index (χ3n) is 3.63. The molecular weight excluding hydrogens is 320 g/mol. The van der Waals surface area contributed by atoms with Gasteiger partial charge in [0, 0.05) is 5.56 Å². The van der Waals surface area contributed by atoms with Crippen molar-refractivity contribution < 1.29 is 19.0 Å². The molecule has 25 heavy (non-hydrogen) atoms. The number of hydrogen-bond acceptors (Lipinski definition) is 5. The Bertz CT molecular complexity index is 766. The number of carbonyl (C=O) groups is 1. The zero-order valence-electron chi connectivity index (χ0n) is 14.4. The van der Waals surface area contributed by atoms with E-state index < -0.39 is 0 Å². The summed E-state index contributed by atoms with van der Waals surface area (Å²) in [4.78, 5) is 12.1. The standard InChI is InChI=1S/C19H20N2O4/c1-13(17-10-16(23-2)8-9-18(17)24-3)21-19(22)12-25-15-6-4-14(11-20)5-7-15/h4-10,13H,12H2,1-3H3,(H,21,22)/t13-/m0/s1. The minimum absolute atomic E-state index is 0.122. The topological polar surface area (TPSA) is 80.6 Å². The maximum Gasteiger partial charge on any atom is 0.258 e. The molecule has 0 saturated carbocycles. The van der Waals surface area contributed by atoms with Gasteiger partial charge in [0.25, 0.3) is 5.91 Å². The Morgan fingerprint density at radius 2 is 1.80 bits per heavy atom. The quantitative estimate of drug-likeness (QED) is 0.838. The van der Waals surface area contributed by atoms with Gasteiger partial charge in [-0.2, -0.15) is 5.26 Å². The van der Waals surface area contributed by atoms with Gasteiger partial charge in [0.05, 0.1) is 31.9 Å². The van der Waals surface area contributed by atoms with Crippen molar-refractivity contribution in [3.8, 4) is 23.3 Å². The molecule has 0 heterocycles. The molecule has 0 aliphatic carbocycles. The Hall–Kier alpha value is -3.20. The summed E-state index contributed by atoms with van der Waals surface area (Å²) < 4.78 is 16.0. The van der Waals surface area contributed by atoms with Crippen LogP contribution in [0.15, 0.2) is 42.5 Å². The number of amides is 1. The van der Waals surface area contributed by atoms with E-state index in [9.17, 15) is 4.79 Å². The second kappa shape index (κ2) is 8.60. The van der Waals surface area contributed by atoms with Crippen molar-refractivity contribution in [1.82, 2.24) is 5.32 Å². The Morgan fingerprint density at radius 1 is 1.12 bits per heavy atom. The van der Waals surface area contributed by atoms with E-state index in [0.29, 0.717) is 22.8 Å². The van der Waals surface area contributed by atoms with Crippen LogP contribution in [0.4, 0.5) is 0 Å². The molecule has 0 aliphatic heterocycles. The lowest BCUT2D eigenvalue weighted by Gasteiger charge is -2.18. The minimum atomic E-state index is -0.276. The minimum Gasteiger partial charge on any atom is -0.497 e. The number of carbonyl (C=O) groups excluding carboxylic acids is 1. The fourth-order valence-corrected chi connectivity index (χ4v) is 2.31. The first-order valence-corrected chi connectivity index (χ1v) is 7.71. The summed E-state index contributed by atoms with van der Waals surface area (Å²) in [6.07, 6.45) is 0. The predicted molar refractivity (Wildman–Crippen MR) is 92.8 cm³/mol. The fourth-order valence-electron chi connectivity index (χ4n) is 2.31. The van der Waals surface area contributed by atoms with E-state index >= 15 is 0 Å². The van der Waals surface area contributed by atoms with Gasteiger partial charge in [0.15, 0.2) is 6.61 Å². The number of hydrogen-bond donors (Lipinski definition) is 1. The largest absolute Gasteiger partial charge is 0.497 e. The van der Waals surface area contributed by atoms with Crippen molar-refractivity contribution in [2.75, 3.05) is 20.8 Å². The number of nitrogens with one attached hydrogen (secondary N) is 1. The first-order valence-electron chi connectivity index (χ1n) is 7.71. The highest BCUT2D eigenvalue weighted by Gasteiger charge is 2.15. The molecule has 0 aromatic heterocycles. The average molecular weight is 340 g/mol. The number of nitrogens with zero attached hydrogens (tertiary/aromatic N) is 1. The summed E-state index contributed by atoms with van der Waals surface area (Å²) in [5, 5.41) is 11.6. The van der Waals surface area contributed by atoms with Gasteiger partial charge in [-0.1, -0.05) is 0 Å². The molecule has 1 amide bonds. The van der Waals surface area contributed by atoms with E-state index in [0.717, 1.165) is 5.56 Å². The third-order valence-corrected chi connectivity index (χ3v) is 3.63. The van der Waals surface area contributed by atoms with E-state index in [1.54, 1.807) is 50.6 Å². The van der Waals surface area contributed by atoms with Crippen molar-refractivity contribution in [2.24, 2.45) is 0 Å². The van der Waals surface area contributed by atoms with Gasteiger partial charge in [-0.25, -0.2) is 0 Å². The molecule has 1 atom stereocenters. The molecule has 0 saturated heterocycles. The van der Waals surface area contributed by atoms with Crippen LogP contribution in [-0.2, 0) is 4.79 Å². The van der Waals surface area contributed by atoms with E-state index in [1.807, 2.05) is 19.1 Å². The lowest BCUT2D eigenvalue weighted by molar-refractivity contribution is -0.123. The maximum atomic E-state index is 12.1. The summed E-state index contributed by atoms with van der Waals surface area (Å²) >= 11 is 0. The third kappa shape index (κ3) is 4.88. The second-order valence-electron chi connectivity index (χ2n) is 5.32. The van der Waals surface area contributed by atoms with Gasteiger partial charge in [-0.15, -0.1) is 0 Å². The summed E-state index contributed by atoms with van der Waals surface area (Å²) in [5.41, 5.74) is 1.35. The first kappa shape index (κ1) is 18.1. The molecule has 6 heteroatoms.